The highest BCUT2D eigenvalue weighted by Crippen LogP contribution is 2.49. The summed E-state index contributed by atoms with van der Waals surface area (Å²) in [6.45, 7) is 0. The van der Waals surface area contributed by atoms with Gasteiger partial charge in [-0.2, -0.15) is 0 Å². The van der Waals surface area contributed by atoms with Gasteiger partial charge in [0.05, 0.1) is 17.1 Å². The minimum atomic E-state index is 0.857. The van der Waals surface area contributed by atoms with Gasteiger partial charge in [-0.1, -0.05) is 32.9 Å². The molecule has 0 radical (unpaired) electrons. The highest BCUT2D eigenvalue weighted by molar-refractivity contribution is 9.10. The number of halogens is 1. The van der Waals surface area contributed by atoms with Gasteiger partial charge in [-0.15, -0.1) is 5.11 Å². The molecule has 0 saturated carbocycles. The smallest absolute Gasteiger partial charge is 0.0895 e. The molecule has 0 saturated heterocycles. The van der Waals surface area contributed by atoms with E-state index < -0.39 is 0 Å². The molecule has 2 aromatic carbocycles. The highest BCUT2D eigenvalue weighted by atomic mass is 79.9. The molecule has 1 aliphatic heterocycles. The Hall–Kier alpha value is -1.53. The van der Waals surface area contributed by atoms with E-state index in [2.05, 4.69) is 68.5 Å². The maximum atomic E-state index is 4.23. The van der Waals surface area contributed by atoms with E-state index in [1.807, 2.05) is 20.2 Å². The van der Waals surface area contributed by atoms with Crippen molar-refractivity contribution in [1.82, 2.24) is 5.01 Å². The predicted molar refractivity (Wildman–Crippen MR) is 91.0 cm³/mol. The average molecular weight is 363 g/mol. The second kappa shape index (κ2) is 5.69. The van der Waals surface area contributed by atoms with Crippen molar-refractivity contribution in [3.05, 3.63) is 40.9 Å². The van der Waals surface area contributed by atoms with E-state index in [4.69, 9.17) is 0 Å². The van der Waals surface area contributed by atoms with Gasteiger partial charge in [0, 0.05) is 35.4 Å². The van der Waals surface area contributed by atoms with E-state index >= 15 is 0 Å². The van der Waals surface area contributed by atoms with Crippen LogP contribution in [0.5, 0.6) is 0 Å². The van der Waals surface area contributed by atoms with Gasteiger partial charge in [-0.05, 0) is 36.4 Å². The number of fused-ring (bicyclic) bond motifs is 2. The van der Waals surface area contributed by atoms with Gasteiger partial charge < -0.3 is 4.90 Å². The molecule has 21 heavy (non-hydrogen) atoms. The number of hydrogen-bond donors (Lipinski definition) is 0. The van der Waals surface area contributed by atoms with Crippen molar-refractivity contribution in [1.29, 1.82) is 0 Å². The van der Waals surface area contributed by atoms with Crippen LogP contribution in [-0.2, 0) is 0 Å². The standard InChI is InChI=1S/C15H15BrN4S/c1-19(2)18-17-11-5-7-14-13(9-11)20(3)12-6-4-10(16)8-15(12)21-14/h4-9H,1-3H3. The van der Waals surface area contributed by atoms with Crippen molar-refractivity contribution >= 4 is 44.8 Å². The molecule has 0 aliphatic carbocycles. The van der Waals surface area contributed by atoms with Crippen LogP contribution in [-0.4, -0.2) is 26.2 Å². The summed E-state index contributed by atoms with van der Waals surface area (Å²) < 4.78 is 1.10. The molecular formula is C15H15BrN4S. The van der Waals surface area contributed by atoms with Crippen molar-refractivity contribution in [2.75, 3.05) is 26.0 Å². The first-order valence-corrected chi connectivity index (χ1v) is 8.10. The summed E-state index contributed by atoms with van der Waals surface area (Å²) in [6, 6.07) is 12.5. The summed E-state index contributed by atoms with van der Waals surface area (Å²) in [5.41, 5.74) is 3.22. The van der Waals surface area contributed by atoms with Crippen LogP contribution in [0.3, 0.4) is 0 Å². The van der Waals surface area contributed by atoms with Gasteiger partial charge in [-0.3, -0.25) is 5.01 Å². The molecule has 0 fully saturated rings. The molecule has 4 nitrogen and oxygen atoms in total. The van der Waals surface area contributed by atoms with E-state index in [1.165, 1.54) is 15.5 Å². The average Bonchev–Trinajstić information content (AvgIpc) is 2.45. The van der Waals surface area contributed by atoms with E-state index in [1.54, 1.807) is 16.8 Å². The first kappa shape index (κ1) is 14.4. The van der Waals surface area contributed by atoms with Crippen LogP contribution in [0.1, 0.15) is 0 Å². The lowest BCUT2D eigenvalue weighted by Gasteiger charge is -2.29. The Labute approximate surface area is 137 Å². The molecule has 1 aliphatic rings. The number of anilines is 2. The normalized spacial score (nSPS) is 13.2. The van der Waals surface area contributed by atoms with E-state index in [0.29, 0.717) is 0 Å². The molecule has 108 valence electrons. The monoisotopic (exact) mass is 362 g/mol. The Balaban J connectivity index is 2.00. The molecule has 0 bridgehead atoms. The Kier molecular flexibility index (Phi) is 3.91. The Morgan fingerprint density at radius 1 is 1.05 bits per heavy atom. The second-order valence-corrected chi connectivity index (χ2v) is 6.96. The van der Waals surface area contributed by atoms with Gasteiger partial charge in [0.25, 0.3) is 0 Å². The first-order valence-electron chi connectivity index (χ1n) is 6.49. The topological polar surface area (TPSA) is 31.2 Å². The third-order valence-electron chi connectivity index (χ3n) is 3.15. The van der Waals surface area contributed by atoms with Crippen molar-refractivity contribution in [2.45, 2.75) is 9.79 Å². The zero-order valence-electron chi connectivity index (χ0n) is 12.0. The lowest BCUT2D eigenvalue weighted by Crippen LogP contribution is -2.14. The van der Waals surface area contributed by atoms with Gasteiger partial charge in [0.2, 0.25) is 0 Å². The summed E-state index contributed by atoms with van der Waals surface area (Å²) in [4.78, 5) is 4.68. The van der Waals surface area contributed by atoms with Crippen LogP contribution < -0.4 is 4.90 Å². The molecule has 0 amide bonds. The van der Waals surface area contributed by atoms with Gasteiger partial charge in [0.15, 0.2) is 0 Å². The van der Waals surface area contributed by atoms with Crippen LogP contribution in [0, 0.1) is 0 Å². The Morgan fingerprint density at radius 2 is 1.86 bits per heavy atom. The minimum absolute atomic E-state index is 0.857. The fraction of sp³-hybridized carbons (Fsp3) is 0.200. The summed E-state index contributed by atoms with van der Waals surface area (Å²) in [6.07, 6.45) is 0. The zero-order chi connectivity index (χ0) is 15.0. The van der Waals surface area contributed by atoms with Crippen LogP contribution >= 0.6 is 27.7 Å². The third kappa shape index (κ3) is 2.91. The molecule has 0 N–H and O–H groups in total. The van der Waals surface area contributed by atoms with Gasteiger partial charge in [-0.25, -0.2) is 0 Å². The summed E-state index contributed by atoms with van der Waals surface area (Å²) >= 11 is 5.31. The van der Waals surface area contributed by atoms with Crippen molar-refractivity contribution in [3.63, 3.8) is 0 Å². The molecule has 2 aromatic rings. The van der Waals surface area contributed by atoms with Crippen molar-refractivity contribution in [2.24, 2.45) is 10.3 Å². The number of hydrogen-bond acceptors (Lipinski definition) is 4. The molecule has 0 atom stereocenters. The largest absolute Gasteiger partial charge is 0.343 e. The quantitative estimate of drug-likeness (QED) is 0.540. The number of benzene rings is 2. The zero-order valence-corrected chi connectivity index (χ0v) is 14.4. The Bertz CT molecular complexity index is 715. The number of nitrogens with zero attached hydrogens (tertiary/aromatic N) is 4. The first-order chi connectivity index (χ1) is 10.0. The molecule has 0 spiro atoms. The van der Waals surface area contributed by atoms with E-state index in [-0.39, 0.29) is 0 Å². The SMILES string of the molecule is CN(C)N=Nc1ccc2c(c1)N(C)c1ccc(Br)cc1S2. The molecule has 1 heterocycles. The maximum Gasteiger partial charge on any atom is 0.0895 e. The molecule has 3 rings (SSSR count). The summed E-state index contributed by atoms with van der Waals surface area (Å²) in [5.74, 6) is 0. The predicted octanol–water partition coefficient (Wildman–Crippen LogP) is 5.24. The molecule has 6 heteroatoms. The van der Waals surface area contributed by atoms with Crippen molar-refractivity contribution in [3.8, 4) is 0 Å². The summed E-state index contributed by atoms with van der Waals surface area (Å²) in [7, 11) is 5.80. The third-order valence-corrected chi connectivity index (χ3v) is 4.75. The second-order valence-electron chi connectivity index (χ2n) is 4.96. The fourth-order valence-electron chi connectivity index (χ4n) is 2.15. The minimum Gasteiger partial charge on any atom is -0.343 e. The van der Waals surface area contributed by atoms with Crippen LogP contribution in [0.2, 0.25) is 0 Å². The molecular weight excluding hydrogens is 348 g/mol. The molecule has 0 aromatic heterocycles. The van der Waals surface area contributed by atoms with Crippen molar-refractivity contribution < 1.29 is 0 Å². The van der Waals surface area contributed by atoms with Gasteiger partial charge in [0.1, 0.15) is 0 Å². The van der Waals surface area contributed by atoms with E-state index in [0.717, 1.165) is 15.8 Å². The highest BCUT2D eigenvalue weighted by Gasteiger charge is 2.21. The van der Waals surface area contributed by atoms with Crippen LogP contribution in [0.15, 0.2) is 61.0 Å². The lowest BCUT2D eigenvalue weighted by molar-refractivity contribution is 0.408. The fourth-order valence-corrected chi connectivity index (χ4v) is 3.83. The lowest BCUT2D eigenvalue weighted by atomic mass is 10.2. The molecule has 0 unspecified atom stereocenters. The van der Waals surface area contributed by atoms with E-state index in [9.17, 15) is 0 Å². The van der Waals surface area contributed by atoms with Crippen LogP contribution in [0.25, 0.3) is 0 Å². The Morgan fingerprint density at radius 3 is 2.62 bits per heavy atom. The maximum absolute atomic E-state index is 4.23. The van der Waals surface area contributed by atoms with Gasteiger partial charge >= 0.3 is 0 Å². The number of rotatable bonds is 2. The van der Waals surface area contributed by atoms with Crippen LogP contribution in [0.4, 0.5) is 17.1 Å². The summed E-state index contributed by atoms with van der Waals surface area (Å²) in [5, 5.41) is 9.96.